The molecule has 7 heteroatoms. The van der Waals surface area contributed by atoms with Crippen LogP contribution in [0, 0.1) is 0 Å². The Morgan fingerprint density at radius 1 is 1.10 bits per heavy atom. The molecule has 3 aromatic rings. The molecule has 1 saturated carbocycles. The summed E-state index contributed by atoms with van der Waals surface area (Å²) in [4.78, 5) is 27.3. The number of hydrogen-bond acceptors (Lipinski definition) is 6. The predicted octanol–water partition coefficient (Wildman–Crippen LogP) is 3.41. The molecule has 0 atom stereocenters. The van der Waals surface area contributed by atoms with E-state index < -0.39 is 0 Å². The fraction of sp³-hybridized carbons (Fsp3) is 0.304. The molecule has 0 unspecified atom stereocenters. The van der Waals surface area contributed by atoms with Gasteiger partial charge in [0.2, 0.25) is 11.9 Å². The maximum absolute atomic E-state index is 11.9. The van der Waals surface area contributed by atoms with Crippen molar-refractivity contribution in [2.24, 2.45) is 0 Å². The van der Waals surface area contributed by atoms with Gasteiger partial charge >= 0.3 is 0 Å². The first kappa shape index (κ1) is 18.5. The minimum Gasteiger partial charge on any atom is -0.355 e. The first-order valence-corrected chi connectivity index (χ1v) is 10.3. The fourth-order valence-corrected chi connectivity index (χ4v) is 3.93. The summed E-state index contributed by atoms with van der Waals surface area (Å²) in [5.74, 6) is 1.77. The van der Waals surface area contributed by atoms with Crippen LogP contribution in [0.15, 0.2) is 48.8 Å². The molecule has 1 aliphatic carbocycles. The van der Waals surface area contributed by atoms with Gasteiger partial charge in [-0.3, -0.25) is 4.79 Å². The maximum atomic E-state index is 11.9. The van der Waals surface area contributed by atoms with Crippen molar-refractivity contribution in [2.75, 3.05) is 23.8 Å². The van der Waals surface area contributed by atoms with Gasteiger partial charge in [0.05, 0.1) is 0 Å². The van der Waals surface area contributed by atoms with Crippen LogP contribution in [0.25, 0.3) is 0 Å². The van der Waals surface area contributed by atoms with Crippen molar-refractivity contribution in [1.29, 1.82) is 0 Å². The van der Waals surface area contributed by atoms with Crippen LogP contribution in [0.5, 0.6) is 0 Å². The molecule has 0 radical (unpaired) electrons. The number of aromatic nitrogens is 3. The van der Waals surface area contributed by atoms with E-state index in [1.165, 1.54) is 35.9 Å². The largest absolute Gasteiger partial charge is 0.355 e. The molecule has 7 nitrogen and oxygen atoms in total. The van der Waals surface area contributed by atoms with Crippen LogP contribution in [0.4, 0.5) is 17.6 Å². The number of rotatable bonds is 5. The van der Waals surface area contributed by atoms with Crippen molar-refractivity contribution in [1.82, 2.24) is 20.3 Å². The van der Waals surface area contributed by atoms with Crippen LogP contribution >= 0.6 is 0 Å². The highest BCUT2D eigenvalue weighted by Gasteiger charge is 2.26. The third-order valence-electron chi connectivity index (χ3n) is 5.74. The Balaban J connectivity index is 1.32. The summed E-state index contributed by atoms with van der Waals surface area (Å²) < 4.78 is 0. The molecule has 5 rings (SSSR count). The number of nitrogens with one attached hydrogen (secondary N) is 2. The van der Waals surface area contributed by atoms with Crippen LogP contribution in [-0.2, 0) is 13.0 Å². The maximum Gasteiger partial charge on any atom is 0.251 e. The third kappa shape index (κ3) is 3.83. The van der Waals surface area contributed by atoms with Crippen LogP contribution < -0.4 is 15.5 Å². The lowest BCUT2D eigenvalue weighted by molar-refractivity contribution is 0.0963. The summed E-state index contributed by atoms with van der Waals surface area (Å²) in [7, 11) is 1.62. The van der Waals surface area contributed by atoms with Gasteiger partial charge < -0.3 is 15.5 Å². The van der Waals surface area contributed by atoms with Crippen molar-refractivity contribution in [3.8, 4) is 0 Å². The molecule has 2 N–H and O–H groups in total. The predicted molar refractivity (Wildman–Crippen MR) is 116 cm³/mol. The molecule has 0 spiro atoms. The van der Waals surface area contributed by atoms with E-state index in [-0.39, 0.29) is 5.91 Å². The van der Waals surface area contributed by atoms with E-state index in [0.29, 0.717) is 17.5 Å². The van der Waals surface area contributed by atoms with Crippen LogP contribution in [0.3, 0.4) is 0 Å². The molecule has 152 valence electrons. The number of hydrogen-bond donors (Lipinski definition) is 2. The molecule has 30 heavy (non-hydrogen) atoms. The van der Waals surface area contributed by atoms with E-state index in [1.54, 1.807) is 19.2 Å². The molecule has 2 heterocycles. The van der Waals surface area contributed by atoms with E-state index in [9.17, 15) is 4.79 Å². The molecule has 0 bridgehead atoms. The number of nitrogens with zero attached hydrogens (tertiary/aromatic N) is 4. The second kappa shape index (κ2) is 7.74. The lowest BCUT2D eigenvalue weighted by Crippen LogP contribution is -2.32. The smallest absolute Gasteiger partial charge is 0.251 e. The Hall–Kier alpha value is -3.48. The molecule has 1 fully saturated rings. The van der Waals surface area contributed by atoms with Crippen molar-refractivity contribution >= 4 is 23.5 Å². The number of carbonyl (C=O) groups excluding carboxylic acids is 1. The summed E-state index contributed by atoms with van der Waals surface area (Å²) in [6, 6.07) is 14.2. The molecular weight excluding hydrogens is 376 g/mol. The second-order valence-electron chi connectivity index (χ2n) is 7.87. The molecular formula is C23H24N6O. The van der Waals surface area contributed by atoms with Crippen molar-refractivity contribution in [3.05, 3.63) is 71.0 Å². The highest BCUT2D eigenvalue weighted by molar-refractivity contribution is 5.95. The van der Waals surface area contributed by atoms with E-state index in [2.05, 4.69) is 48.7 Å². The number of benzene rings is 2. The summed E-state index contributed by atoms with van der Waals surface area (Å²) in [6.45, 7) is 1.69. The Bertz CT molecular complexity index is 1090. The van der Waals surface area contributed by atoms with E-state index >= 15 is 0 Å². The highest BCUT2D eigenvalue weighted by atomic mass is 16.1. The van der Waals surface area contributed by atoms with Crippen molar-refractivity contribution < 1.29 is 4.79 Å². The Labute approximate surface area is 175 Å². The molecule has 1 aromatic heterocycles. The number of fused-ring (bicyclic) bond motifs is 1. The van der Waals surface area contributed by atoms with Crippen molar-refractivity contribution in [2.45, 2.75) is 31.7 Å². The van der Waals surface area contributed by atoms with Gasteiger partial charge in [-0.1, -0.05) is 24.3 Å². The summed E-state index contributed by atoms with van der Waals surface area (Å²) in [5.41, 5.74) is 5.63. The van der Waals surface area contributed by atoms with Gasteiger partial charge in [-0.15, -0.1) is 0 Å². The average Bonchev–Trinajstić information content (AvgIpc) is 3.64. The fourth-order valence-electron chi connectivity index (χ4n) is 3.93. The first-order valence-electron chi connectivity index (χ1n) is 10.3. The lowest BCUT2D eigenvalue weighted by Gasteiger charge is -2.29. The minimum absolute atomic E-state index is 0.133. The van der Waals surface area contributed by atoms with Crippen molar-refractivity contribution in [3.63, 3.8) is 0 Å². The summed E-state index contributed by atoms with van der Waals surface area (Å²) in [6.07, 6.45) is 5.19. The van der Waals surface area contributed by atoms with E-state index in [4.69, 9.17) is 0 Å². The SMILES string of the molecule is CNC(=O)c1cccc(Nc2ncnc(N3CCc4cc(C5CC5)ccc4C3)n2)c1. The van der Waals surface area contributed by atoms with Gasteiger partial charge in [0, 0.05) is 31.4 Å². The number of anilines is 3. The normalized spacial score (nSPS) is 15.4. The van der Waals surface area contributed by atoms with Gasteiger partial charge in [0.15, 0.2) is 0 Å². The quantitative estimate of drug-likeness (QED) is 0.683. The standard InChI is InChI=1S/C23H24N6O/c1-24-21(30)18-3-2-4-20(12-18)27-22-25-14-26-23(28-22)29-10-9-17-11-16(15-5-6-15)7-8-19(17)13-29/h2-4,7-8,11-12,14-15H,5-6,9-10,13H2,1H3,(H,24,30)(H,25,26,27,28). The molecule has 0 saturated heterocycles. The zero-order chi connectivity index (χ0) is 20.5. The van der Waals surface area contributed by atoms with Crippen LogP contribution in [0.1, 0.15) is 45.8 Å². The monoisotopic (exact) mass is 400 g/mol. The van der Waals surface area contributed by atoms with Gasteiger partial charge in [0.1, 0.15) is 6.33 Å². The van der Waals surface area contributed by atoms with E-state index in [1.807, 2.05) is 12.1 Å². The van der Waals surface area contributed by atoms with Gasteiger partial charge in [0.25, 0.3) is 5.91 Å². The topological polar surface area (TPSA) is 83.0 Å². The molecule has 1 aliphatic heterocycles. The Morgan fingerprint density at radius 2 is 2.00 bits per heavy atom. The summed E-state index contributed by atoms with van der Waals surface area (Å²) in [5, 5.41) is 5.81. The minimum atomic E-state index is -0.133. The molecule has 2 aliphatic rings. The van der Waals surface area contributed by atoms with Gasteiger partial charge in [-0.2, -0.15) is 4.98 Å². The highest BCUT2D eigenvalue weighted by Crippen LogP contribution is 2.41. The Kier molecular flexibility index (Phi) is 4.78. The lowest BCUT2D eigenvalue weighted by atomic mass is 9.96. The van der Waals surface area contributed by atoms with Gasteiger partial charge in [-0.05, 0) is 60.1 Å². The van der Waals surface area contributed by atoms with E-state index in [0.717, 1.165) is 31.1 Å². The first-order chi connectivity index (χ1) is 14.7. The average molecular weight is 400 g/mol. The van der Waals surface area contributed by atoms with Gasteiger partial charge in [-0.25, -0.2) is 9.97 Å². The Morgan fingerprint density at radius 3 is 2.83 bits per heavy atom. The summed E-state index contributed by atoms with van der Waals surface area (Å²) >= 11 is 0. The molecule has 2 aromatic carbocycles. The second-order valence-corrected chi connectivity index (χ2v) is 7.87. The third-order valence-corrected chi connectivity index (χ3v) is 5.74. The number of amides is 1. The zero-order valence-electron chi connectivity index (χ0n) is 16.9. The van der Waals surface area contributed by atoms with Crippen LogP contribution in [-0.4, -0.2) is 34.5 Å². The zero-order valence-corrected chi connectivity index (χ0v) is 16.9. The molecule has 1 amide bonds. The van der Waals surface area contributed by atoms with Crippen LogP contribution in [0.2, 0.25) is 0 Å². The number of carbonyl (C=O) groups is 1.